The average molecular weight is 248 g/mol. The van der Waals surface area contributed by atoms with E-state index in [4.69, 9.17) is 15.2 Å². The summed E-state index contributed by atoms with van der Waals surface area (Å²) in [7, 11) is 1.63. The maximum absolute atomic E-state index is 5.75. The van der Waals surface area contributed by atoms with Crippen LogP contribution in [0.5, 0.6) is 5.75 Å². The Morgan fingerprint density at radius 2 is 2.17 bits per heavy atom. The predicted octanol–water partition coefficient (Wildman–Crippen LogP) is 0.990. The van der Waals surface area contributed by atoms with Gasteiger partial charge in [0.05, 0.1) is 31.5 Å². The van der Waals surface area contributed by atoms with Gasteiger partial charge in [-0.2, -0.15) is 0 Å². The van der Waals surface area contributed by atoms with Gasteiger partial charge in [-0.3, -0.25) is 0 Å². The Balaban J connectivity index is 2.11. The number of H-pyrrole nitrogens is 1. The number of aromatic nitrogens is 2. The minimum absolute atomic E-state index is 0.406. The summed E-state index contributed by atoms with van der Waals surface area (Å²) in [6, 6.07) is 3.96. The Morgan fingerprint density at radius 1 is 1.39 bits per heavy atom. The van der Waals surface area contributed by atoms with Gasteiger partial charge in [-0.25, -0.2) is 4.98 Å². The highest BCUT2D eigenvalue weighted by Gasteiger charge is 2.17. The Kier molecular flexibility index (Phi) is 2.71. The van der Waals surface area contributed by atoms with Gasteiger partial charge in [0.15, 0.2) is 5.95 Å². The van der Waals surface area contributed by atoms with Gasteiger partial charge < -0.3 is 25.1 Å². The quantitative estimate of drug-likeness (QED) is 0.828. The van der Waals surface area contributed by atoms with Crippen LogP contribution in [0, 0.1) is 0 Å². The Hall–Kier alpha value is -1.95. The molecule has 1 aliphatic heterocycles. The lowest BCUT2D eigenvalue weighted by Gasteiger charge is -2.29. The average Bonchev–Trinajstić information content (AvgIpc) is 2.80. The molecular weight excluding hydrogens is 232 g/mol. The van der Waals surface area contributed by atoms with Gasteiger partial charge in [0.1, 0.15) is 11.3 Å². The standard InChI is InChI=1S/C12H16N4O2/c1-17-9-3-2-8(16-4-6-18-7-5-16)10-11(9)15-12(13)14-10/h2-3H,4-7H2,1H3,(H3,13,14,15). The predicted molar refractivity (Wildman–Crippen MR) is 70.1 cm³/mol. The summed E-state index contributed by atoms with van der Waals surface area (Å²) in [6.07, 6.45) is 0. The molecule has 0 saturated carbocycles. The number of fused-ring (bicyclic) bond motifs is 1. The molecule has 1 aromatic heterocycles. The molecule has 0 unspecified atom stereocenters. The van der Waals surface area contributed by atoms with Crippen molar-refractivity contribution in [3.05, 3.63) is 12.1 Å². The van der Waals surface area contributed by atoms with Gasteiger partial charge >= 0.3 is 0 Å². The van der Waals surface area contributed by atoms with Crippen LogP contribution in [-0.4, -0.2) is 43.4 Å². The van der Waals surface area contributed by atoms with Gasteiger partial charge in [-0.1, -0.05) is 0 Å². The summed E-state index contributed by atoms with van der Waals surface area (Å²) in [5.41, 5.74) is 8.54. The minimum atomic E-state index is 0.406. The zero-order valence-electron chi connectivity index (χ0n) is 10.3. The molecule has 3 N–H and O–H groups in total. The molecule has 6 nitrogen and oxygen atoms in total. The number of aromatic amines is 1. The van der Waals surface area contributed by atoms with Crippen LogP contribution < -0.4 is 15.4 Å². The molecule has 0 spiro atoms. The van der Waals surface area contributed by atoms with E-state index in [1.54, 1.807) is 7.11 Å². The summed E-state index contributed by atoms with van der Waals surface area (Å²) < 4.78 is 10.7. The van der Waals surface area contributed by atoms with Crippen LogP contribution in [0.2, 0.25) is 0 Å². The van der Waals surface area contributed by atoms with E-state index in [9.17, 15) is 0 Å². The molecule has 0 radical (unpaired) electrons. The molecule has 1 aromatic carbocycles. The second-order valence-corrected chi connectivity index (χ2v) is 4.23. The number of ether oxygens (including phenoxy) is 2. The lowest BCUT2D eigenvalue weighted by Crippen LogP contribution is -2.36. The number of hydrogen-bond donors (Lipinski definition) is 2. The van der Waals surface area contributed by atoms with Gasteiger partial charge in [-0.05, 0) is 12.1 Å². The van der Waals surface area contributed by atoms with E-state index in [-0.39, 0.29) is 0 Å². The summed E-state index contributed by atoms with van der Waals surface area (Å²) in [5, 5.41) is 0. The first kappa shape index (κ1) is 11.2. The highest BCUT2D eigenvalue weighted by molar-refractivity contribution is 5.94. The van der Waals surface area contributed by atoms with Crippen molar-refractivity contribution >= 4 is 22.7 Å². The summed E-state index contributed by atoms with van der Waals surface area (Å²) in [6.45, 7) is 3.25. The topological polar surface area (TPSA) is 76.4 Å². The smallest absolute Gasteiger partial charge is 0.198 e. The first-order chi connectivity index (χ1) is 8.79. The van der Waals surface area contributed by atoms with E-state index < -0.39 is 0 Å². The normalized spacial score (nSPS) is 16.2. The monoisotopic (exact) mass is 248 g/mol. The number of rotatable bonds is 2. The Morgan fingerprint density at radius 3 is 2.89 bits per heavy atom. The highest BCUT2D eigenvalue weighted by Crippen LogP contribution is 2.32. The first-order valence-electron chi connectivity index (χ1n) is 5.94. The molecule has 1 aliphatic rings. The third-order valence-corrected chi connectivity index (χ3v) is 3.18. The van der Waals surface area contributed by atoms with Gasteiger partial charge in [-0.15, -0.1) is 0 Å². The van der Waals surface area contributed by atoms with Gasteiger partial charge in [0, 0.05) is 13.1 Å². The number of benzene rings is 1. The highest BCUT2D eigenvalue weighted by atomic mass is 16.5. The number of hydrogen-bond acceptors (Lipinski definition) is 5. The van der Waals surface area contributed by atoms with Crippen molar-refractivity contribution in [2.24, 2.45) is 0 Å². The van der Waals surface area contributed by atoms with Crippen molar-refractivity contribution in [3.63, 3.8) is 0 Å². The summed E-state index contributed by atoms with van der Waals surface area (Å²) >= 11 is 0. The lowest BCUT2D eigenvalue weighted by atomic mass is 10.2. The molecule has 3 rings (SSSR count). The molecule has 2 heterocycles. The molecule has 0 aliphatic carbocycles. The van der Waals surface area contributed by atoms with Crippen molar-refractivity contribution < 1.29 is 9.47 Å². The first-order valence-corrected chi connectivity index (χ1v) is 5.94. The third kappa shape index (κ3) is 1.74. The van der Waals surface area contributed by atoms with Crippen LogP contribution in [0.25, 0.3) is 11.0 Å². The van der Waals surface area contributed by atoms with Crippen LogP contribution in [0.3, 0.4) is 0 Å². The minimum Gasteiger partial charge on any atom is -0.494 e. The van der Waals surface area contributed by atoms with Crippen molar-refractivity contribution in [3.8, 4) is 5.75 Å². The lowest BCUT2D eigenvalue weighted by molar-refractivity contribution is 0.123. The van der Waals surface area contributed by atoms with E-state index in [1.165, 1.54) is 0 Å². The van der Waals surface area contributed by atoms with Crippen LogP contribution >= 0.6 is 0 Å². The fraction of sp³-hybridized carbons (Fsp3) is 0.417. The van der Waals surface area contributed by atoms with E-state index in [0.29, 0.717) is 5.95 Å². The molecule has 1 fully saturated rings. The number of methoxy groups -OCH3 is 1. The maximum Gasteiger partial charge on any atom is 0.198 e. The number of nitrogens with two attached hydrogens (primary N) is 1. The fourth-order valence-electron chi connectivity index (χ4n) is 2.30. The van der Waals surface area contributed by atoms with Crippen molar-refractivity contribution in [1.29, 1.82) is 0 Å². The van der Waals surface area contributed by atoms with Crippen LogP contribution in [0.4, 0.5) is 11.6 Å². The van der Waals surface area contributed by atoms with Crippen LogP contribution in [0.1, 0.15) is 0 Å². The number of imidazole rings is 1. The second kappa shape index (κ2) is 4.38. The molecule has 0 atom stereocenters. The Labute approximate surface area is 105 Å². The summed E-state index contributed by atoms with van der Waals surface area (Å²) in [5.74, 6) is 1.14. The number of nitrogens with zero attached hydrogens (tertiary/aromatic N) is 2. The largest absolute Gasteiger partial charge is 0.494 e. The van der Waals surface area contributed by atoms with Gasteiger partial charge in [0.25, 0.3) is 0 Å². The number of nitrogen functional groups attached to an aromatic ring is 1. The zero-order chi connectivity index (χ0) is 12.5. The molecule has 96 valence electrons. The molecule has 0 amide bonds. The molecule has 1 saturated heterocycles. The Bertz CT molecular complexity index is 560. The third-order valence-electron chi connectivity index (χ3n) is 3.18. The number of anilines is 2. The molecule has 6 heteroatoms. The molecular formula is C12H16N4O2. The molecule has 0 bridgehead atoms. The van der Waals surface area contributed by atoms with E-state index in [1.807, 2.05) is 12.1 Å². The van der Waals surface area contributed by atoms with Gasteiger partial charge in [0.2, 0.25) is 0 Å². The van der Waals surface area contributed by atoms with E-state index in [0.717, 1.165) is 48.8 Å². The van der Waals surface area contributed by atoms with Crippen LogP contribution in [0.15, 0.2) is 12.1 Å². The van der Waals surface area contributed by atoms with Crippen LogP contribution in [-0.2, 0) is 4.74 Å². The second-order valence-electron chi connectivity index (χ2n) is 4.23. The van der Waals surface area contributed by atoms with E-state index in [2.05, 4.69) is 14.9 Å². The van der Waals surface area contributed by atoms with Crippen molar-refractivity contribution in [2.75, 3.05) is 44.0 Å². The SMILES string of the molecule is COc1ccc(N2CCOCC2)c2[nH]c(N)nc12. The zero-order valence-corrected chi connectivity index (χ0v) is 10.3. The van der Waals surface area contributed by atoms with Crippen molar-refractivity contribution in [2.45, 2.75) is 0 Å². The molecule has 18 heavy (non-hydrogen) atoms. The number of morpholine rings is 1. The maximum atomic E-state index is 5.75. The van der Waals surface area contributed by atoms with Crippen molar-refractivity contribution in [1.82, 2.24) is 9.97 Å². The fourth-order valence-corrected chi connectivity index (χ4v) is 2.30. The van der Waals surface area contributed by atoms with E-state index >= 15 is 0 Å². The molecule has 2 aromatic rings. The number of nitrogens with one attached hydrogen (secondary N) is 1. The summed E-state index contributed by atoms with van der Waals surface area (Å²) in [4.78, 5) is 9.65.